The Morgan fingerprint density at radius 2 is 2.08 bits per heavy atom. The largest absolute Gasteiger partial charge is 0.445 e. The molecule has 2 aromatic rings. The fourth-order valence-corrected chi connectivity index (χ4v) is 2.75. The standard InChI is InChI=1S/C19H23N3O4/c23-18(16-6-8-20-12-16)21-13-17-7-9-22(10-11-25-17)19(24)26-14-15-4-2-1-3-5-15/h1-6,8,12,17,20H,7,9-11,13-14H2,(H,21,23)/t17-/m1/s1. The van der Waals surface area contributed by atoms with Crippen molar-refractivity contribution in [2.24, 2.45) is 0 Å². The first-order valence-electron chi connectivity index (χ1n) is 8.70. The van der Waals surface area contributed by atoms with E-state index in [4.69, 9.17) is 9.47 Å². The molecule has 2 amide bonds. The molecule has 26 heavy (non-hydrogen) atoms. The van der Waals surface area contributed by atoms with Crippen LogP contribution in [0.1, 0.15) is 22.3 Å². The molecule has 0 saturated carbocycles. The number of amides is 2. The number of H-pyrrole nitrogens is 1. The van der Waals surface area contributed by atoms with E-state index in [1.807, 2.05) is 30.3 Å². The Hall–Kier alpha value is -2.80. The predicted molar refractivity (Wildman–Crippen MR) is 95.7 cm³/mol. The third-order valence-corrected chi connectivity index (χ3v) is 4.25. The molecule has 0 bridgehead atoms. The summed E-state index contributed by atoms with van der Waals surface area (Å²) in [5.74, 6) is -0.141. The second-order valence-electron chi connectivity index (χ2n) is 6.12. The number of ether oxygens (including phenoxy) is 2. The lowest BCUT2D eigenvalue weighted by Gasteiger charge is -2.19. The summed E-state index contributed by atoms with van der Waals surface area (Å²) in [6, 6.07) is 11.3. The lowest BCUT2D eigenvalue weighted by atomic mass is 10.2. The highest BCUT2D eigenvalue weighted by Crippen LogP contribution is 2.10. The Labute approximate surface area is 152 Å². The van der Waals surface area contributed by atoms with Crippen LogP contribution in [0.5, 0.6) is 0 Å². The van der Waals surface area contributed by atoms with Gasteiger partial charge in [0.25, 0.3) is 5.91 Å². The van der Waals surface area contributed by atoms with Crippen LogP contribution in [0.2, 0.25) is 0 Å². The van der Waals surface area contributed by atoms with Crippen LogP contribution >= 0.6 is 0 Å². The molecule has 1 aliphatic rings. The van der Waals surface area contributed by atoms with Crippen LogP contribution in [-0.2, 0) is 16.1 Å². The van der Waals surface area contributed by atoms with E-state index in [2.05, 4.69) is 10.3 Å². The van der Waals surface area contributed by atoms with Gasteiger partial charge in [-0.1, -0.05) is 30.3 Å². The summed E-state index contributed by atoms with van der Waals surface area (Å²) in [6.07, 6.45) is 3.54. The van der Waals surface area contributed by atoms with Crippen LogP contribution in [0.4, 0.5) is 4.79 Å². The van der Waals surface area contributed by atoms with Gasteiger partial charge in [-0.3, -0.25) is 4.79 Å². The zero-order chi connectivity index (χ0) is 18.2. The second kappa shape index (κ2) is 9.05. The van der Waals surface area contributed by atoms with E-state index in [-0.39, 0.29) is 24.7 Å². The van der Waals surface area contributed by atoms with Gasteiger partial charge in [-0.2, -0.15) is 0 Å². The van der Waals surface area contributed by atoms with Gasteiger partial charge in [-0.05, 0) is 18.1 Å². The van der Waals surface area contributed by atoms with E-state index in [0.29, 0.717) is 38.2 Å². The minimum Gasteiger partial charge on any atom is -0.445 e. The maximum absolute atomic E-state index is 12.2. The molecule has 1 saturated heterocycles. The van der Waals surface area contributed by atoms with Gasteiger partial charge < -0.3 is 24.7 Å². The number of nitrogens with zero attached hydrogens (tertiary/aromatic N) is 1. The van der Waals surface area contributed by atoms with E-state index in [1.54, 1.807) is 23.4 Å². The smallest absolute Gasteiger partial charge is 0.410 e. The molecule has 0 radical (unpaired) electrons. The molecule has 0 aliphatic carbocycles. The van der Waals surface area contributed by atoms with Crippen LogP contribution in [0.25, 0.3) is 0 Å². The first-order chi connectivity index (χ1) is 12.7. The lowest BCUT2D eigenvalue weighted by Crippen LogP contribution is -2.35. The highest BCUT2D eigenvalue weighted by atomic mass is 16.6. The molecule has 1 atom stereocenters. The molecule has 3 rings (SSSR count). The number of benzene rings is 1. The van der Waals surface area contributed by atoms with E-state index < -0.39 is 0 Å². The van der Waals surface area contributed by atoms with Gasteiger partial charge in [0.1, 0.15) is 6.61 Å². The van der Waals surface area contributed by atoms with Crippen molar-refractivity contribution in [3.8, 4) is 0 Å². The predicted octanol–water partition coefficient (Wildman–Crippen LogP) is 2.17. The summed E-state index contributed by atoms with van der Waals surface area (Å²) in [6.45, 7) is 2.11. The normalized spacial score (nSPS) is 17.4. The van der Waals surface area contributed by atoms with Crippen molar-refractivity contribution in [3.63, 3.8) is 0 Å². The Morgan fingerprint density at radius 1 is 1.23 bits per heavy atom. The number of aromatic amines is 1. The van der Waals surface area contributed by atoms with Crippen molar-refractivity contribution in [1.82, 2.24) is 15.2 Å². The van der Waals surface area contributed by atoms with Crippen LogP contribution in [0.15, 0.2) is 48.8 Å². The SMILES string of the molecule is O=C(NC[C@H]1CCN(C(=O)OCc2ccccc2)CCO1)c1cc[nH]c1. The summed E-state index contributed by atoms with van der Waals surface area (Å²) in [7, 11) is 0. The number of carbonyl (C=O) groups is 2. The van der Waals surface area contributed by atoms with Gasteiger partial charge in [0.15, 0.2) is 0 Å². The highest BCUT2D eigenvalue weighted by molar-refractivity contribution is 5.93. The van der Waals surface area contributed by atoms with Crippen LogP contribution in [0.3, 0.4) is 0 Å². The number of aromatic nitrogens is 1. The van der Waals surface area contributed by atoms with Crippen molar-refractivity contribution in [3.05, 3.63) is 59.9 Å². The van der Waals surface area contributed by atoms with Crippen LogP contribution < -0.4 is 5.32 Å². The molecule has 1 aromatic carbocycles. The van der Waals surface area contributed by atoms with Gasteiger partial charge in [0.2, 0.25) is 0 Å². The summed E-state index contributed by atoms with van der Waals surface area (Å²) in [5.41, 5.74) is 1.54. The molecular weight excluding hydrogens is 334 g/mol. The highest BCUT2D eigenvalue weighted by Gasteiger charge is 2.22. The quantitative estimate of drug-likeness (QED) is 0.859. The van der Waals surface area contributed by atoms with Crippen molar-refractivity contribution in [2.45, 2.75) is 19.1 Å². The number of rotatable bonds is 5. The first kappa shape index (κ1) is 18.0. The maximum atomic E-state index is 12.2. The number of nitrogens with one attached hydrogen (secondary N) is 2. The Kier molecular flexibility index (Phi) is 6.27. The summed E-state index contributed by atoms with van der Waals surface area (Å²) < 4.78 is 11.1. The van der Waals surface area contributed by atoms with E-state index in [9.17, 15) is 9.59 Å². The van der Waals surface area contributed by atoms with E-state index >= 15 is 0 Å². The van der Waals surface area contributed by atoms with Crippen LogP contribution in [-0.4, -0.2) is 54.2 Å². The average molecular weight is 357 g/mol. The molecule has 2 heterocycles. The lowest BCUT2D eigenvalue weighted by molar-refractivity contribution is 0.0569. The molecule has 7 nitrogen and oxygen atoms in total. The zero-order valence-corrected chi connectivity index (χ0v) is 14.5. The van der Waals surface area contributed by atoms with Crippen LogP contribution in [0, 0.1) is 0 Å². The molecule has 2 N–H and O–H groups in total. The van der Waals surface area contributed by atoms with Gasteiger partial charge >= 0.3 is 6.09 Å². The van der Waals surface area contributed by atoms with Crippen molar-refractivity contribution >= 4 is 12.0 Å². The third kappa shape index (κ3) is 5.10. The maximum Gasteiger partial charge on any atom is 0.410 e. The minimum absolute atomic E-state index is 0.121. The van der Waals surface area contributed by atoms with Gasteiger partial charge in [0.05, 0.1) is 18.3 Å². The number of hydrogen-bond acceptors (Lipinski definition) is 4. The monoisotopic (exact) mass is 357 g/mol. The molecule has 0 spiro atoms. The van der Waals surface area contributed by atoms with E-state index in [1.165, 1.54) is 0 Å². The Balaban J connectivity index is 1.41. The second-order valence-corrected chi connectivity index (χ2v) is 6.12. The molecule has 138 valence electrons. The summed E-state index contributed by atoms with van der Waals surface area (Å²) >= 11 is 0. The molecular formula is C19H23N3O4. The van der Waals surface area contributed by atoms with Gasteiger partial charge in [0, 0.05) is 32.0 Å². The fourth-order valence-electron chi connectivity index (χ4n) is 2.75. The van der Waals surface area contributed by atoms with Crippen molar-refractivity contribution in [1.29, 1.82) is 0 Å². The Bertz CT molecular complexity index is 703. The topological polar surface area (TPSA) is 83.7 Å². The number of carbonyl (C=O) groups excluding carboxylic acids is 2. The third-order valence-electron chi connectivity index (χ3n) is 4.25. The molecule has 7 heteroatoms. The average Bonchev–Trinajstić information content (AvgIpc) is 3.11. The summed E-state index contributed by atoms with van der Waals surface area (Å²) in [4.78, 5) is 28.7. The fraction of sp³-hybridized carbons (Fsp3) is 0.368. The first-order valence-corrected chi connectivity index (χ1v) is 8.70. The molecule has 1 aromatic heterocycles. The van der Waals surface area contributed by atoms with Crippen molar-refractivity contribution < 1.29 is 19.1 Å². The zero-order valence-electron chi connectivity index (χ0n) is 14.5. The molecule has 1 fully saturated rings. The summed E-state index contributed by atoms with van der Waals surface area (Å²) in [5, 5.41) is 2.85. The molecule has 0 unspecified atom stereocenters. The number of hydrogen-bond donors (Lipinski definition) is 2. The Morgan fingerprint density at radius 3 is 2.85 bits per heavy atom. The van der Waals surface area contributed by atoms with Gasteiger partial charge in [-0.15, -0.1) is 0 Å². The minimum atomic E-state index is -0.338. The van der Waals surface area contributed by atoms with E-state index in [0.717, 1.165) is 5.56 Å². The van der Waals surface area contributed by atoms with Gasteiger partial charge in [-0.25, -0.2) is 4.79 Å². The molecule has 1 aliphatic heterocycles. The van der Waals surface area contributed by atoms with Crippen molar-refractivity contribution in [2.75, 3.05) is 26.2 Å².